The Bertz CT molecular complexity index is 311. The number of hydrogen-bond acceptors (Lipinski definition) is 4. The van der Waals surface area contributed by atoms with E-state index in [0.29, 0.717) is 16.1 Å². The lowest BCUT2D eigenvalue weighted by molar-refractivity contribution is -0.148. The van der Waals surface area contributed by atoms with Gasteiger partial charge in [-0.25, -0.2) is 4.79 Å². The van der Waals surface area contributed by atoms with E-state index in [9.17, 15) is 4.79 Å². The van der Waals surface area contributed by atoms with Gasteiger partial charge in [-0.3, -0.25) is 0 Å². The number of thioether (sulfide) groups is 2. The van der Waals surface area contributed by atoms with Crippen molar-refractivity contribution >= 4 is 29.5 Å². The third kappa shape index (κ3) is 3.70. The third-order valence-corrected chi connectivity index (χ3v) is 6.78. The van der Waals surface area contributed by atoms with E-state index in [0.717, 1.165) is 6.42 Å². The Morgan fingerprint density at radius 2 is 1.83 bits per heavy atom. The first-order valence-corrected chi connectivity index (χ1v) is 8.88. The molecule has 2 atom stereocenters. The molecule has 1 saturated carbocycles. The summed E-state index contributed by atoms with van der Waals surface area (Å²) in [6.45, 7) is 5.40. The fourth-order valence-corrected chi connectivity index (χ4v) is 5.92. The zero-order valence-electron chi connectivity index (χ0n) is 11.0. The average molecular weight is 286 g/mol. The van der Waals surface area contributed by atoms with Crippen LogP contribution in [0.25, 0.3) is 0 Å². The third-order valence-electron chi connectivity index (χ3n) is 3.56. The van der Waals surface area contributed by atoms with Gasteiger partial charge in [-0.1, -0.05) is 13.0 Å². The molecule has 2 aliphatic rings. The quantitative estimate of drug-likeness (QED) is 0.581. The second-order valence-corrected chi connectivity index (χ2v) is 7.93. The molecule has 2 fully saturated rings. The van der Waals surface area contributed by atoms with Crippen LogP contribution in [0, 0.1) is 5.92 Å². The van der Waals surface area contributed by atoms with Crippen LogP contribution in [0.2, 0.25) is 0 Å². The maximum Gasteiger partial charge on any atom is 0.333 e. The molecule has 0 aromatic carbocycles. The molecule has 1 aliphatic carbocycles. The van der Waals surface area contributed by atoms with Crippen LogP contribution in [0.5, 0.6) is 0 Å². The highest BCUT2D eigenvalue weighted by Crippen LogP contribution is 2.43. The SMILES string of the molecule is C=C(C)C(=O)OC1CCCCC1C1SCCCS1. The standard InChI is InChI=1S/C14H22O2S2/c1-10(2)13(15)16-12-7-4-3-6-11(12)14-17-8-5-9-18-14/h11-12,14H,1,3-9H2,2H3. The second-order valence-electron chi connectivity index (χ2n) is 5.14. The molecule has 0 radical (unpaired) electrons. The number of carbonyl (C=O) groups is 1. The molecule has 0 bridgehead atoms. The van der Waals surface area contributed by atoms with Crippen LogP contribution in [-0.2, 0) is 9.53 Å². The predicted molar refractivity (Wildman–Crippen MR) is 80.0 cm³/mol. The molecule has 0 N–H and O–H groups in total. The summed E-state index contributed by atoms with van der Waals surface area (Å²) in [5, 5.41) is 0. The zero-order chi connectivity index (χ0) is 13.0. The van der Waals surface area contributed by atoms with E-state index in [-0.39, 0.29) is 12.1 Å². The number of hydrogen-bond donors (Lipinski definition) is 0. The van der Waals surface area contributed by atoms with Gasteiger partial charge in [-0.15, -0.1) is 23.5 Å². The van der Waals surface area contributed by atoms with Gasteiger partial charge < -0.3 is 4.74 Å². The molecule has 1 saturated heterocycles. The monoisotopic (exact) mass is 286 g/mol. The van der Waals surface area contributed by atoms with E-state index in [1.165, 1.54) is 37.2 Å². The molecular formula is C14H22O2S2. The van der Waals surface area contributed by atoms with Gasteiger partial charge in [0.15, 0.2) is 0 Å². The van der Waals surface area contributed by atoms with Gasteiger partial charge in [-0.2, -0.15) is 0 Å². The Labute approximate surface area is 118 Å². The summed E-state index contributed by atoms with van der Waals surface area (Å²) in [7, 11) is 0. The van der Waals surface area contributed by atoms with Crippen LogP contribution in [0.1, 0.15) is 39.0 Å². The maximum absolute atomic E-state index is 11.7. The summed E-state index contributed by atoms with van der Waals surface area (Å²) in [5.74, 6) is 2.85. The molecule has 1 aliphatic heterocycles. The molecular weight excluding hydrogens is 264 g/mol. The Balaban J connectivity index is 1.96. The van der Waals surface area contributed by atoms with Crippen LogP contribution in [-0.4, -0.2) is 28.2 Å². The molecule has 4 heteroatoms. The minimum absolute atomic E-state index is 0.117. The van der Waals surface area contributed by atoms with E-state index in [4.69, 9.17) is 4.74 Å². The molecule has 1 heterocycles. The fraction of sp³-hybridized carbons (Fsp3) is 0.786. The summed E-state index contributed by atoms with van der Waals surface area (Å²) in [6.07, 6.45) is 6.14. The first-order chi connectivity index (χ1) is 8.68. The highest BCUT2D eigenvalue weighted by atomic mass is 32.2. The van der Waals surface area contributed by atoms with Crippen LogP contribution in [0.3, 0.4) is 0 Å². The molecule has 0 aromatic heterocycles. The minimum Gasteiger partial charge on any atom is -0.459 e. The van der Waals surface area contributed by atoms with Gasteiger partial charge in [0.1, 0.15) is 6.10 Å². The van der Waals surface area contributed by atoms with Gasteiger partial charge in [0.05, 0.1) is 4.58 Å². The molecule has 102 valence electrons. The molecule has 2 nitrogen and oxygen atoms in total. The molecule has 0 amide bonds. The smallest absolute Gasteiger partial charge is 0.333 e. The van der Waals surface area contributed by atoms with Crippen molar-refractivity contribution < 1.29 is 9.53 Å². The van der Waals surface area contributed by atoms with Gasteiger partial charge in [-0.05, 0) is 44.1 Å². The van der Waals surface area contributed by atoms with Crippen LogP contribution in [0.4, 0.5) is 0 Å². The molecule has 2 rings (SSSR count). The predicted octanol–water partition coefficient (Wildman–Crippen LogP) is 3.86. The summed E-state index contributed by atoms with van der Waals surface area (Å²) in [5.41, 5.74) is 0.517. The van der Waals surface area contributed by atoms with Crippen LogP contribution >= 0.6 is 23.5 Å². The van der Waals surface area contributed by atoms with Crippen LogP contribution in [0.15, 0.2) is 12.2 Å². The lowest BCUT2D eigenvalue weighted by Crippen LogP contribution is -2.36. The number of ether oxygens (including phenoxy) is 1. The summed E-state index contributed by atoms with van der Waals surface area (Å²) in [6, 6.07) is 0. The van der Waals surface area contributed by atoms with E-state index < -0.39 is 0 Å². The van der Waals surface area contributed by atoms with Crippen LogP contribution < -0.4 is 0 Å². The van der Waals surface area contributed by atoms with E-state index in [2.05, 4.69) is 30.1 Å². The Morgan fingerprint density at radius 1 is 1.17 bits per heavy atom. The van der Waals surface area contributed by atoms with Crippen molar-refractivity contribution in [3.63, 3.8) is 0 Å². The first-order valence-electron chi connectivity index (χ1n) is 6.78. The average Bonchev–Trinajstić information content (AvgIpc) is 2.40. The zero-order valence-corrected chi connectivity index (χ0v) is 12.7. The number of carbonyl (C=O) groups excluding carboxylic acids is 1. The normalized spacial score (nSPS) is 29.8. The number of esters is 1. The van der Waals surface area contributed by atoms with Crippen molar-refractivity contribution in [1.82, 2.24) is 0 Å². The Kier molecular flexibility index (Phi) is 5.49. The van der Waals surface area contributed by atoms with Gasteiger partial charge in [0.25, 0.3) is 0 Å². The minimum atomic E-state index is -0.210. The van der Waals surface area contributed by atoms with E-state index in [1.807, 2.05) is 0 Å². The first kappa shape index (κ1) is 14.3. The maximum atomic E-state index is 11.7. The summed E-state index contributed by atoms with van der Waals surface area (Å²) in [4.78, 5) is 11.7. The van der Waals surface area contributed by atoms with E-state index >= 15 is 0 Å². The largest absolute Gasteiger partial charge is 0.459 e. The summed E-state index contributed by atoms with van der Waals surface area (Å²) >= 11 is 4.12. The molecule has 2 unspecified atom stereocenters. The van der Waals surface area contributed by atoms with Crippen molar-refractivity contribution in [2.24, 2.45) is 5.92 Å². The molecule has 18 heavy (non-hydrogen) atoms. The molecule has 0 spiro atoms. The summed E-state index contributed by atoms with van der Waals surface area (Å²) < 4.78 is 6.28. The van der Waals surface area contributed by atoms with Gasteiger partial charge in [0, 0.05) is 11.5 Å². The van der Waals surface area contributed by atoms with Gasteiger partial charge in [0.2, 0.25) is 0 Å². The Morgan fingerprint density at radius 3 is 2.50 bits per heavy atom. The second kappa shape index (κ2) is 6.90. The Hall–Kier alpha value is -0.0900. The van der Waals surface area contributed by atoms with Gasteiger partial charge >= 0.3 is 5.97 Å². The highest BCUT2D eigenvalue weighted by molar-refractivity contribution is 8.17. The molecule has 0 aromatic rings. The van der Waals surface area contributed by atoms with Crippen molar-refractivity contribution in [2.45, 2.75) is 49.7 Å². The number of rotatable bonds is 3. The fourth-order valence-electron chi connectivity index (χ4n) is 2.57. The highest BCUT2D eigenvalue weighted by Gasteiger charge is 2.35. The van der Waals surface area contributed by atoms with Crippen molar-refractivity contribution in [3.8, 4) is 0 Å². The van der Waals surface area contributed by atoms with Crippen molar-refractivity contribution in [3.05, 3.63) is 12.2 Å². The lowest BCUT2D eigenvalue weighted by Gasteiger charge is -2.37. The van der Waals surface area contributed by atoms with Crippen molar-refractivity contribution in [2.75, 3.05) is 11.5 Å². The lowest BCUT2D eigenvalue weighted by atomic mass is 9.87. The van der Waals surface area contributed by atoms with E-state index in [1.54, 1.807) is 6.92 Å². The topological polar surface area (TPSA) is 26.3 Å². The van der Waals surface area contributed by atoms with Crippen molar-refractivity contribution in [1.29, 1.82) is 0 Å².